The van der Waals surface area contributed by atoms with E-state index in [1.807, 2.05) is 22.9 Å². The normalized spacial score (nSPS) is 18.9. The van der Waals surface area contributed by atoms with Crippen LogP contribution in [-0.2, 0) is 0 Å². The maximum absolute atomic E-state index is 13.7. The fourth-order valence-corrected chi connectivity index (χ4v) is 6.58. The Morgan fingerprint density at radius 3 is 2.55 bits per heavy atom. The molecule has 4 heterocycles. The molecule has 0 amide bonds. The highest BCUT2D eigenvalue weighted by atomic mass is 16.7. The summed E-state index contributed by atoms with van der Waals surface area (Å²) in [5.41, 5.74) is 5.14. The molecule has 1 saturated carbocycles. The molecule has 1 aliphatic carbocycles. The van der Waals surface area contributed by atoms with Gasteiger partial charge in [-0.25, -0.2) is 4.68 Å². The second-order valence-electron chi connectivity index (χ2n) is 11.3. The van der Waals surface area contributed by atoms with Crippen LogP contribution >= 0.6 is 0 Å². The van der Waals surface area contributed by atoms with Crippen LogP contribution in [0, 0.1) is 13.8 Å². The zero-order valence-electron chi connectivity index (χ0n) is 23.1. The first-order chi connectivity index (χ1) is 19.6. The molecule has 1 saturated heterocycles. The highest BCUT2D eigenvalue weighted by Crippen LogP contribution is 2.37. The van der Waals surface area contributed by atoms with Gasteiger partial charge in [-0.15, -0.1) is 5.10 Å². The summed E-state index contributed by atoms with van der Waals surface area (Å²) in [6.07, 6.45) is 5.71. The monoisotopic (exact) mass is 541 g/mol. The van der Waals surface area contributed by atoms with E-state index in [1.54, 1.807) is 0 Å². The average Bonchev–Trinajstić information content (AvgIpc) is 3.64. The van der Waals surface area contributed by atoms with Crippen molar-refractivity contribution in [3.8, 4) is 11.5 Å². The van der Waals surface area contributed by atoms with Crippen molar-refractivity contribution in [2.24, 2.45) is 0 Å². The molecule has 4 aromatic rings. The highest BCUT2D eigenvalue weighted by molar-refractivity contribution is 5.83. The van der Waals surface area contributed by atoms with Crippen LogP contribution in [0.2, 0.25) is 0 Å². The summed E-state index contributed by atoms with van der Waals surface area (Å²) in [7, 11) is 0. The number of aryl methyl sites for hydroxylation is 1. The van der Waals surface area contributed by atoms with Gasteiger partial charge in [0.1, 0.15) is 6.04 Å². The standard InChI is InChI=1S/C30H35N7O3/c1-19-7-6-10-25(20(19)2)35-11-13-36(14-12-35)28(29-32-33-34-37(29)22-8-4-3-5-9-22)23-15-21-16-26-27(40-18-39-26)17-24(21)31-30(23)38/h6-7,10,15-17,22,28H,3-5,8-9,11-14,18H2,1-2H3,(H,31,38). The van der Waals surface area contributed by atoms with E-state index >= 15 is 0 Å². The Labute approximate surface area is 232 Å². The zero-order chi connectivity index (χ0) is 27.2. The van der Waals surface area contributed by atoms with Crippen molar-refractivity contribution in [1.29, 1.82) is 0 Å². The molecule has 1 atom stereocenters. The number of H-pyrrole nitrogens is 1. The van der Waals surface area contributed by atoms with Crippen molar-refractivity contribution in [1.82, 2.24) is 30.1 Å². The molecule has 10 nitrogen and oxygen atoms in total. The van der Waals surface area contributed by atoms with Crippen molar-refractivity contribution in [3.05, 3.63) is 69.3 Å². The number of piperazine rings is 1. The Morgan fingerprint density at radius 2 is 1.75 bits per heavy atom. The van der Waals surface area contributed by atoms with E-state index < -0.39 is 0 Å². The predicted octanol–water partition coefficient (Wildman–Crippen LogP) is 4.28. The minimum Gasteiger partial charge on any atom is -0.454 e. The van der Waals surface area contributed by atoms with Gasteiger partial charge < -0.3 is 19.4 Å². The largest absolute Gasteiger partial charge is 0.454 e. The van der Waals surface area contributed by atoms with Crippen LogP contribution in [0.15, 0.2) is 41.2 Å². The van der Waals surface area contributed by atoms with Gasteiger partial charge in [-0.05, 0) is 66.4 Å². The first kappa shape index (κ1) is 25.1. The van der Waals surface area contributed by atoms with Gasteiger partial charge in [0.15, 0.2) is 17.3 Å². The maximum Gasteiger partial charge on any atom is 0.253 e. The molecule has 208 valence electrons. The second kappa shape index (κ2) is 10.2. The molecular weight excluding hydrogens is 506 g/mol. The molecule has 2 aromatic carbocycles. The van der Waals surface area contributed by atoms with Crippen molar-refractivity contribution >= 4 is 16.6 Å². The summed E-state index contributed by atoms with van der Waals surface area (Å²) < 4.78 is 13.2. The highest BCUT2D eigenvalue weighted by Gasteiger charge is 2.35. The molecule has 0 radical (unpaired) electrons. The molecule has 10 heteroatoms. The van der Waals surface area contributed by atoms with Crippen LogP contribution in [0.4, 0.5) is 5.69 Å². The van der Waals surface area contributed by atoms with E-state index in [0.29, 0.717) is 17.1 Å². The van der Waals surface area contributed by atoms with Crippen molar-refractivity contribution in [2.75, 3.05) is 37.9 Å². The number of hydrogen-bond donors (Lipinski definition) is 1. The number of ether oxygens (including phenoxy) is 2. The first-order valence-corrected chi connectivity index (χ1v) is 14.4. The number of rotatable bonds is 5. The second-order valence-corrected chi connectivity index (χ2v) is 11.3. The Balaban J connectivity index is 1.28. The van der Waals surface area contributed by atoms with Crippen LogP contribution in [0.1, 0.15) is 66.7 Å². The van der Waals surface area contributed by atoms with Gasteiger partial charge in [0.05, 0.1) is 11.6 Å². The van der Waals surface area contributed by atoms with Gasteiger partial charge in [0.2, 0.25) is 6.79 Å². The fourth-order valence-electron chi connectivity index (χ4n) is 6.58. The lowest BCUT2D eigenvalue weighted by Gasteiger charge is -2.40. The van der Waals surface area contributed by atoms with E-state index in [-0.39, 0.29) is 24.4 Å². The number of nitrogens with zero attached hydrogens (tertiary/aromatic N) is 6. The zero-order valence-corrected chi connectivity index (χ0v) is 23.1. The number of aromatic nitrogens is 5. The molecule has 3 aliphatic rings. The van der Waals surface area contributed by atoms with Gasteiger partial charge in [0, 0.05) is 48.9 Å². The molecular formula is C30H35N7O3. The smallest absolute Gasteiger partial charge is 0.253 e. The minimum absolute atomic E-state index is 0.133. The van der Waals surface area contributed by atoms with Crippen LogP contribution in [0.3, 0.4) is 0 Å². The topological polar surface area (TPSA) is 101 Å². The Kier molecular flexibility index (Phi) is 6.42. The summed E-state index contributed by atoms with van der Waals surface area (Å²) in [5, 5.41) is 14.1. The SMILES string of the molecule is Cc1cccc(N2CCN(C(c3cc4cc5c(cc4[nH]c3=O)OCO5)c3nnnn3C3CCCCC3)CC2)c1C. The van der Waals surface area contributed by atoms with Crippen LogP contribution in [0.5, 0.6) is 11.5 Å². The van der Waals surface area contributed by atoms with Crippen molar-refractivity contribution < 1.29 is 9.47 Å². The molecule has 2 aliphatic heterocycles. The van der Waals surface area contributed by atoms with E-state index in [4.69, 9.17) is 9.47 Å². The van der Waals surface area contributed by atoms with Crippen LogP contribution in [0.25, 0.3) is 10.9 Å². The van der Waals surface area contributed by atoms with Crippen LogP contribution in [-0.4, -0.2) is 63.1 Å². The lowest BCUT2D eigenvalue weighted by atomic mass is 9.95. The Hall–Kier alpha value is -3.92. The van der Waals surface area contributed by atoms with E-state index in [9.17, 15) is 4.79 Å². The lowest BCUT2D eigenvalue weighted by molar-refractivity contribution is 0.174. The number of aromatic amines is 1. The minimum atomic E-state index is -0.365. The third kappa shape index (κ3) is 4.40. The predicted molar refractivity (Wildman–Crippen MR) is 152 cm³/mol. The number of tetrazole rings is 1. The average molecular weight is 542 g/mol. The molecule has 1 unspecified atom stereocenters. The summed E-state index contributed by atoms with van der Waals surface area (Å²) in [6, 6.07) is 12.2. The van der Waals surface area contributed by atoms with E-state index in [1.165, 1.54) is 36.1 Å². The summed E-state index contributed by atoms with van der Waals surface area (Å²) in [5.74, 6) is 2.09. The fraction of sp³-hybridized carbons (Fsp3) is 0.467. The van der Waals surface area contributed by atoms with Gasteiger partial charge in [-0.1, -0.05) is 31.4 Å². The number of hydrogen-bond acceptors (Lipinski definition) is 8. The van der Waals surface area contributed by atoms with Gasteiger partial charge in [-0.3, -0.25) is 9.69 Å². The molecule has 0 spiro atoms. The third-order valence-corrected chi connectivity index (χ3v) is 8.94. The number of nitrogens with one attached hydrogen (secondary N) is 1. The summed E-state index contributed by atoms with van der Waals surface area (Å²) in [6.45, 7) is 7.83. The Bertz CT molecular complexity index is 1600. The quantitative estimate of drug-likeness (QED) is 0.400. The first-order valence-electron chi connectivity index (χ1n) is 14.4. The summed E-state index contributed by atoms with van der Waals surface area (Å²) in [4.78, 5) is 21.7. The molecule has 2 aromatic heterocycles. The number of pyridine rings is 1. The van der Waals surface area contributed by atoms with E-state index in [2.05, 4.69) is 62.4 Å². The van der Waals surface area contributed by atoms with Gasteiger partial charge in [0.25, 0.3) is 5.56 Å². The van der Waals surface area contributed by atoms with Gasteiger partial charge >= 0.3 is 0 Å². The van der Waals surface area contributed by atoms with E-state index in [0.717, 1.165) is 55.7 Å². The molecule has 40 heavy (non-hydrogen) atoms. The van der Waals surface area contributed by atoms with Crippen molar-refractivity contribution in [3.63, 3.8) is 0 Å². The van der Waals surface area contributed by atoms with Crippen LogP contribution < -0.4 is 19.9 Å². The lowest BCUT2D eigenvalue weighted by Crippen LogP contribution is -2.49. The van der Waals surface area contributed by atoms with Gasteiger partial charge in [-0.2, -0.15) is 0 Å². The molecule has 1 N–H and O–H groups in total. The van der Waals surface area contributed by atoms with Crippen molar-refractivity contribution in [2.45, 2.75) is 58.0 Å². The number of anilines is 1. The molecule has 7 rings (SSSR count). The third-order valence-electron chi connectivity index (χ3n) is 8.94. The maximum atomic E-state index is 13.7. The number of benzene rings is 2. The number of fused-ring (bicyclic) bond motifs is 2. The summed E-state index contributed by atoms with van der Waals surface area (Å²) >= 11 is 0. The Morgan fingerprint density at radius 1 is 0.975 bits per heavy atom. The molecule has 0 bridgehead atoms. The molecule has 2 fully saturated rings.